The van der Waals surface area contributed by atoms with E-state index in [0.717, 1.165) is 50.2 Å². The van der Waals surface area contributed by atoms with Crippen LogP contribution in [0, 0.1) is 24.7 Å². The van der Waals surface area contributed by atoms with E-state index in [2.05, 4.69) is 26.7 Å². The minimum Gasteiger partial charge on any atom is -0.400 e. The SMILES string of the molecule is C#C.C1CCOCC1.CC.CCC.CO.CO[n+]1cc(C(F)(F)F)cc2c1CCN(C(=O)[C@H]1CC[C@@H](N)C1C)C2. The van der Waals surface area contributed by atoms with Crippen molar-refractivity contribution in [3.63, 3.8) is 0 Å². The monoisotopic (exact) mass is 576 g/mol. The van der Waals surface area contributed by atoms with Gasteiger partial charge in [-0.2, -0.15) is 13.2 Å². The Morgan fingerprint density at radius 2 is 1.73 bits per heavy atom. The number of hydrogen-bond acceptors (Lipinski definition) is 5. The molecular weight excluding hydrogens is 523 g/mol. The lowest BCUT2D eigenvalue weighted by Gasteiger charge is -2.30. The molecule has 2 aliphatic heterocycles. The molecule has 0 aromatic carbocycles. The number of hydrogen-bond donors (Lipinski definition) is 2. The molecule has 0 bridgehead atoms. The summed E-state index contributed by atoms with van der Waals surface area (Å²) in [4.78, 5) is 19.5. The van der Waals surface area contributed by atoms with Gasteiger partial charge < -0.3 is 20.5 Å². The maximum absolute atomic E-state index is 13.1. The van der Waals surface area contributed by atoms with Crippen LogP contribution in [0.3, 0.4) is 0 Å². The Labute approximate surface area is 240 Å². The van der Waals surface area contributed by atoms with Crippen LogP contribution in [0.2, 0.25) is 0 Å². The average molecular weight is 577 g/mol. The van der Waals surface area contributed by atoms with Crippen molar-refractivity contribution in [1.82, 2.24) is 4.90 Å². The van der Waals surface area contributed by atoms with Crippen LogP contribution in [0.1, 0.15) is 90.0 Å². The van der Waals surface area contributed by atoms with Crippen molar-refractivity contribution < 1.29 is 37.4 Å². The summed E-state index contributed by atoms with van der Waals surface area (Å²) in [5.41, 5.74) is 6.38. The molecule has 1 saturated heterocycles. The van der Waals surface area contributed by atoms with Gasteiger partial charge >= 0.3 is 6.18 Å². The van der Waals surface area contributed by atoms with Crippen molar-refractivity contribution >= 4 is 5.91 Å². The van der Waals surface area contributed by atoms with Crippen LogP contribution >= 0.6 is 0 Å². The second-order valence-electron chi connectivity index (χ2n) is 9.30. The van der Waals surface area contributed by atoms with E-state index in [0.29, 0.717) is 24.2 Å². The van der Waals surface area contributed by atoms with Gasteiger partial charge in [-0.1, -0.05) is 41.0 Å². The molecule has 1 aliphatic carbocycles. The number of carbonyl (C=O) groups excluding carboxylic acids is 1. The first kappa shape index (κ1) is 39.8. The lowest BCUT2D eigenvalue weighted by Crippen LogP contribution is -2.51. The number of aromatic nitrogens is 1. The zero-order valence-corrected chi connectivity index (χ0v) is 25.6. The van der Waals surface area contributed by atoms with Gasteiger partial charge in [-0.3, -0.25) is 9.63 Å². The summed E-state index contributed by atoms with van der Waals surface area (Å²) in [5, 5.41) is 7.00. The molecule has 10 heteroatoms. The van der Waals surface area contributed by atoms with E-state index in [4.69, 9.17) is 20.4 Å². The molecular formula is C30H53F3N3O4+. The number of ether oxygens (including phenoxy) is 1. The second-order valence-corrected chi connectivity index (χ2v) is 9.30. The highest BCUT2D eigenvalue weighted by atomic mass is 19.4. The van der Waals surface area contributed by atoms with Crippen LogP contribution in [0.25, 0.3) is 0 Å². The Kier molecular flexibility index (Phi) is 22.2. The molecule has 3 atom stereocenters. The fourth-order valence-corrected chi connectivity index (χ4v) is 4.56. The lowest BCUT2D eigenvalue weighted by atomic mass is 9.93. The number of rotatable bonds is 2. The van der Waals surface area contributed by atoms with E-state index in [1.807, 2.05) is 20.8 Å². The van der Waals surface area contributed by atoms with Crippen molar-refractivity contribution in [2.24, 2.45) is 17.6 Å². The molecule has 232 valence electrons. The standard InChI is InChI=1S/C17H23F3N3O2.C5H10O.C3H8.C2H6.C2H2.CH4O/c1-10-13(3-4-14(10)21)16(24)22-6-5-15-11(8-22)7-12(17(18,19)20)9-23(15)25-2;1-2-4-6-5-3-1;1-3-2;3*1-2/h7,9-10,13-14H,3-6,8,21H2,1-2H3;1-5H2;3H2,1-2H3;1-2H3;1-2H;2H,1H3/q+1;;;;;/t10?,13-,14+;;;;;/m0...../s1. The summed E-state index contributed by atoms with van der Waals surface area (Å²) < 4.78 is 45.6. The molecule has 1 amide bonds. The van der Waals surface area contributed by atoms with Crippen LogP contribution in [0.15, 0.2) is 12.3 Å². The molecule has 0 radical (unpaired) electrons. The lowest BCUT2D eigenvalue weighted by molar-refractivity contribution is -0.891. The molecule has 3 aliphatic rings. The molecule has 1 aromatic heterocycles. The second kappa shape index (κ2) is 22.4. The number of aliphatic hydroxyl groups is 1. The third kappa shape index (κ3) is 12.9. The van der Waals surface area contributed by atoms with Crippen LogP contribution in [-0.2, 0) is 28.7 Å². The van der Waals surface area contributed by atoms with Gasteiger partial charge in [0, 0.05) is 49.1 Å². The molecule has 2 fully saturated rings. The fourth-order valence-electron chi connectivity index (χ4n) is 4.56. The van der Waals surface area contributed by atoms with Crippen LogP contribution in [0.5, 0.6) is 0 Å². The number of nitrogens with zero attached hydrogens (tertiary/aromatic N) is 2. The summed E-state index contributed by atoms with van der Waals surface area (Å²) in [6.45, 7) is 12.9. The Bertz CT molecular complexity index is 819. The van der Waals surface area contributed by atoms with Crippen molar-refractivity contribution in [2.75, 3.05) is 34.0 Å². The van der Waals surface area contributed by atoms with Gasteiger partial charge in [-0.15, -0.1) is 12.8 Å². The quantitative estimate of drug-likeness (QED) is 0.390. The van der Waals surface area contributed by atoms with E-state index in [-0.39, 0.29) is 30.3 Å². The maximum atomic E-state index is 13.1. The first-order chi connectivity index (χ1) is 19.1. The van der Waals surface area contributed by atoms with E-state index < -0.39 is 11.7 Å². The van der Waals surface area contributed by atoms with E-state index in [9.17, 15) is 18.0 Å². The summed E-state index contributed by atoms with van der Waals surface area (Å²) in [6, 6.07) is 1.13. The summed E-state index contributed by atoms with van der Waals surface area (Å²) in [5.74, 6) is -0.0521. The van der Waals surface area contributed by atoms with E-state index in [1.54, 1.807) is 4.90 Å². The fraction of sp³-hybridized carbons (Fsp3) is 0.733. The number of aliphatic hydroxyl groups excluding tert-OH is 1. The van der Waals surface area contributed by atoms with Gasteiger partial charge in [0.05, 0.1) is 13.0 Å². The first-order valence-corrected chi connectivity index (χ1v) is 14.2. The molecule has 40 heavy (non-hydrogen) atoms. The summed E-state index contributed by atoms with van der Waals surface area (Å²) >= 11 is 0. The first-order valence-electron chi connectivity index (χ1n) is 14.2. The van der Waals surface area contributed by atoms with Gasteiger partial charge in [-0.05, 0) is 44.1 Å². The van der Waals surface area contributed by atoms with Crippen LogP contribution in [-0.4, -0.2) is 55.9 Å². The number of fused-ring (bicyclic) bond motifs is 1. The predicted molar refractivity (Wildman–Crippen MR) is 153 cm³/mol. The Morgan fingerprint density at radius 1 is 1.18 bits per heavy atom. The van der Waals surface area contributed by atoms with Gasteiger partial charge in [-0.25, -0.2) is 0 Å². The third-order valence-electron chi connectivity index (χ3n) is 6.55. The number of halogens is 3. The average Bonchev–Trinajstić information content (AvgIpc) is 3.33. The highest BCUT2D eigenvalue weighted by Crippen LogP contribution is 2.34. The number of pyridine rings is 1. The van der Waals surface area contributed by atoms with Gasteiger partial charge in [0.15, 0.2) is 0 Å². The van der Waals surface area contributed by atoms with E-state index >= 15 is 0 Å². The Balaban J connectivity index is 0. The number of nitrogens with two attached hydrogens (primary N) is 1. The van der Waals surface area contributed by atoms with Crippen molar-refractivity contribution in [3.05, 3.63) is 29.1 Å². The van der Waals surface area contributed by atoms with Gasteiger partial charge in [0.25, 0.3) is 0 Å². The molecule has 1 aromatic rings. The molecule has 7 nitrogen and oxygen atoms in total. The largest absolute Gasteiger partial charge is 0.422 e. The summed E-state index contributed by atoms with van der Waals surface area (Å²) in [6.07, 6.45) is 11.7. The van der Waals surface area contributed by atoms with Gasteiger partial charge in [0.1, 0.15) is 12.7 Å². The topological polar surface area (TPSA) is 88.9 Å². The van der Waals surface area contributed by atoms with Gasteiger partial charge in [0.2, 0.25) is 17.8 Å². The predicted octanol–water partition coefficient (Wildman–Crippen LogP) is 4.80. The molecule has 3 heterocycles. The van der Waals surface area contributed by atoms with Crippen molar-refractivity contribution in [2.45, 2.75) is 98.3 Å². The minimum absolute atomic E-state index is 0.00696. The molecule has 0 spiro atoms. The highest BCUT2D eigenvalue weighted by Gasteiger charge is 2.41. The Morgan fingerprint density at radius 3 is 2.10 bits per heavy atom. The van der Waals surface area contributed by atoms with Crippen LogP contribution < -0.4 is 15.3 Å². The van der Waals surface area contributed by atoms with E-state index in [1.165, 1.54) is 32.8 Å². The third-order valence-corrected chi connectivity index (χ3v) is 6.55. The zero-order valence-electron chi connectivity index (χ0n) is 25.6. The Hall–Kier alpha value is -2.35. The number of amides is 1. The van der Waals surface area contributed by atoms with Crippen molar-refractivity contribution in [3.8, 4) is 12.8 Å². The number of alkyl halides is 3. The molecule has 3 N–H and O–H groups in total. The number of carbonyl (C=O) groups is 1. The zero-order chi connectivity index (χ0) is 31.3. The maximum Gasteiger partial charge on any atom is 0.422 e. The van der Waals surface area contributed by atoms with Crippen LogP contribution in [0.4, 0.5) is 13.2 Å². The normalized spacial score (nSPS) is 20.9. The smallest absolute Gasteiger partial charge is 0.400 e. The molecule has 1 unspecified atom stereocenters. The number of terminal acetylenes is 1. The minimum atomic E-state index is -4.46. The van der Waals surface area contributed by atoms with Crippen molar-refractivity contribution in [1.29, 1.82) is 0 Å². The molecule has 4 rings (SSSR count). The molecule has 1 saturated carbocycles. The highest BCUT2D eigenvalue weighted by molar-refractivity contribution is 5.79. The summed E-state index contributed by atoms with van der Waals surface area (Å²) in [7, 11) is 2.33.